The molecule has 0 saturated heterocycles. The van der Waals surface area contributed by atoms with Gasteiger partial charge in [0.15, 0.2) is 0 Å². The van der Waals surface area contributed by atoms with Gasteiger partial charge in [0.25, 0.3) is 5.91 Å². The van der Waals surface area contributed by atoms with Gasteiger partial charge in [-0.15, -0.1) is 0 Å². The fraction of sp³-hybridized carbons (Fsp3) is 0.333. The minimum absolute atomic E-state index is 0.0574. The molecule has 0 unspecified atom stereocenters. The first-order valence-electron chi connectivity index (χ1n) is 5.39. The molecule has 0 saturated carbocycles. The Labute approximate surface area is 111 Å². The van der Waals surface area contributed by atoms with Crippen LogP contribution in [0.25, 0.3) is 0 Å². The van der Waals surface area contributed by atoms with E-state index in [1.807, 2.05) is 0 Å². The highest BCUT2D eigenvalue weighted by Gasteiger charge is 2.24. The topological polar surface area (TPSA) is 87.7 Å². The second-order valence-electron chi connectivity index (χ2n) is 4.53. The largest absolute Gasteiger partial charge is 0.409 e. The lowest BCUT2D eigenvalue weighted by molar-refractivity contribution is 0.0944. The molecule has 0 spiro atoms. The minimum atomic E-state index is -0.633. The number of halogens is 1. The summed E-state index contributed by atoms with van der Waals surface area (Å²) in [5.74, 6) is -0.235. The van der Waals surface area contributed by atoms with Crippen LogP contribution in [0.4, 0.5) is 0 Å². The third-order valence-electron chi connectivity index (χ3n) is 2.61. The lowest BCUT2D eigenvalue weighted by Gasteiger charge is -2.23. The Hall–Kier alpha value is -1.75. The number of amidine groups is 1. The molecule has 1 aromatic rings. The normalized spacial score (nSPS) is 12.3. The molecule has 1 aromatic carbocycles. The van der Waals surface area contributed by atoms with E-state index >= 15 is 0 Å². The van der Waals surface area contributed by atoms with Gasteiger partial charge in [0.05, 0.1) is 10.6 Å². The molecule has 98 valence electrons. The zero-order valence-corrected chi connectivity index (χ0v) is 11.0. The summed E-state index contributed by atoms with van der Waals surface area (Å²) in [5.41, 5.74) is 5.29. The van der Waals surface area contributed by atoms with Gasteiger partial charge in [0, 0.05) is 12.0 Å². The van der Waals surface area contributed by atoms with Crippen molar-refractivity contribution in [2.75, 3.05) is 6.54 Å². The van der Waals surface area contributed by atoms with Crippen molar-refractivity contribution < 1.29 is 10.0 Å². The Morgan fingerprint density at radius 1 is 1.50 bits per heavy atom. The summed E-state index contributed by atoms with van der Waals surface area (Å²) in [7, 11) is 0. The quantitative estimate of drug-likeness (QED) is 0.337. The molecule has 6 heteroatoms. The second-order valence-corrected chi connectivity index (χ2v) is 4.94. The van der Waals surface area contributed by atoms with Gasteiger partial charge >= 0.3 is 0 Å². The van der Waals surface area contributed by atoms with Crippen LogP contribution < -0.4 is 11.1 Å². The molecular weight excluding hydrogens is 254 g/mol. The van der Waals surface area contributed by atoms with Crippen molar-refractivity contribution in [1.29, 1.82) is 0 Å². The summed E-state index contributed by atoms with van der Waals surface area (Å²) in [6.07, 6.45) is 0. The fourth-order valence-corrected chi connectivity index (χ4v) is 1.49. The summed E-state index contributed by atoms with van der Waals surface area (Å²) in [5, 5.41) is 14.7. The van der Waals surface area contributed by atoms with Crippen molar-refractivity contribution in [2.45, 2.75) is 13.8 Å². The van der Waals surface area contributed by atoms with Crippen LogP contribution in [0.2, 0.25) is 5.02 Å². The Bertz CT molecular complexity index is 472. The van der Waals surface area contributed by atoms with Crippen molar-refractivity contribution >= 4 is 23.3 Å². The van der Waals surface area contributed by atoms with E-state index < -0.39 is 5.41 Å². The van der Waals surface area contributed by atoms with Crippen LogP contribution in [-0.4, -0.2) is 23.5 Å². The Kier molecular flexibility index (Phi) is 4.55. The van der Waals surface area contributed by atoms with Crippen LogP contribution in [0.3, 0.4) is 0 Å². The first kappa shape index (κ1) is 14.3. The zero-order valence-electron chi connectivity index (χ0n) is 10.3. The SMILES string of the molecule is CC(C)(CNC(=O)c1ccccc1Cl)/C(N)=N/O. The van der Waals surface area contributed by atoms with Gasteiger partial charge in [-0.25, -0.2) is 0 Å². The number of hydrogen-bond acceptors (Lipinski definition) is 3. The molecule has 0 aliphatic carbocycles. The lowest BCUT2D eigenvalue weighted by atomic mass is 9.92. The van der Waals surface area contributed by atoms with E-state index in [1.54, 1.807) is 38.1 Å². The highest BCUT2D eigenvalue weighted by atomic mass is 35.5. The van der Waals surface area contributed by atoms with Crippen LogP contribution in [0.1, 0.15) is 24.2 Å². The van der Waals surface area contributed by atoms with Gasteiger partial charge in [-0.05, 0) is 12.1 Å². The number of nitrogens with two attached hydrogens (primary N) is 1. The van der Waals surface area contributed by atoms with Gasteiger partial charge in [0.1, 0.15) is 5.84 Å². The molecule has 5 nitrogen and oxygen atoms in total. The molecule has 1 rings (SSSR count). The monoisotopic (exact) mass is 269 g/mol. The lowest BCUT2D eigenvalue weighted by Crippen LogP contribution is -2.42. The first-order chi connectivity index (χ1) is 8.38. The Morgan fingerprint density at radius 3 is 2.67 bits per heavy atom. The van der Waals surface area contributed by atoms with E-state index in [-0.39, 0.29) is 18.3 Å². The van der Waals surface area contributed by atoms with Crippen LogP contribution in [0, 0.1) is 5.41 Å². The number of nitrogens with zero attached hydrogens (tertiary/aromatic N) is 1. The number of benzene rings is 1. The van der Waals surface area contributed by atoms with Crippen molar-refractivity contribution in [1.82, 2.24) is 5.32 Å². The zero-order chi connectivity index (χ0) is 13.8. The maximum absolute atomic E-state index is 11.9. The van der Waals surface area contributed by atoms with E-state index in [2.05, 4.69) is 10.5 Å². The summed E-state index contributed by atoms with van der Waals surface area (Å²) < 4.78 is 0. The minimum Gasteiger partial charge on any atom is -0.409 e. The van der Waals surface area contributed by atoms with Gasteiger partial charge in [0.2, 0.25) is 0 Å². The van der Waals surface area contributed by atoms with E-state index in [0.717, 1.165) is 0 Å². The standard InChI is InChI=1S/C12H16ClN3O2/c1-12(2,11(14)16-18)7-15-10(17)8-5-3-4-6-9(8)13/h3-6,18H,7H2,1-2H3,(H2,14,16)(H,15,17). The van der Waals surface area contributed by atoms with Gasteiger partial charge < -0.3 is 16.3 Å². The third-order valence-corrected chi connectivity index (χ3v) is 2.94. The molecule has 1 amide bonds. The summed E-state index contributed by atoms with van der Waals surface area (Å²) in [6.45, 7) is 3.76. The number of hydrogen-bond donors (Lipinski definition) is 3. The molecule has 0 heterocycles. The van der Waals surface area contributed by atoms with Gasteiger partial charge in [-0.1, -0.05) is 42.7 Å². The number of nitrogens with one attached hydrogen (secondary N) is 1. The maximum Gasteiger partial charge on any atom is 0.252 e. The smallest absolute Gasteiger partial charge is 0.252 e. The molecule has 0 aliphatic rings. The molecule has 0 bridgehead atoms. The predicted molar refractivity (Wildman–Crippen MR) is 71.0 cm³/mol. The Morgan fingerprint density at radius 2 is 2.11 bits per heavy atom. The molecule has 0 fully saturated rings. The Balaban J connectivity index is 2.71. The van der Waals surface area contributed by atoms with E-state index in [9.17, 15) is 4.79 Å². The summed E-state index contributed by atoms with van der Waals surface area (Å²) in [4.78, 5) is 11.9. The molecule has 0 radical (unpaired) electrons. The average Bonchev–Trinajstić information content (AvgIpc) is 2.35. The molecule has 0 aliphatic heterocycles. The van der Waals surface area contributed by atoms with E-state index in [4.69, 9.17) is 22.5 Å². The van der Waals surface area contributed by atoms with Crippen LogP contribution in [-0.2, 0) is 0 Å². The fourth-order valence-electron chi connectivity index (χ4n) is 1.27. The highest BCUT2D eigenvalue weighted by Crippen LogP contribution is 2.16. The van der Waals surface area contributed by atoms with Gasteiger partial charge in [-0.3, -0.25) is 4.79 Å². The van der Waals surface area contributed by atoms with Crippen molar-refractivity contribution in [2.24, 2.45) is 16.3 Å². The second kappa shape index (κ2) is 5.73. The maximum atomic E-state index is 11.9. The van der Waals surface area contributed by atoms with Crippen LogP contribution in [0.15, 0.2) is 29.4 Å². The van der Waals surface area contributed by atoms with E-state index in [0.29, 0.717) is 10.6 Å². The first-order valence-corrected chi connectivity index (χ1v) is 5.77. The molecular formula is C12H16ClN3O2. The van der Waals surface area contributed by atoms with Gasteiger partial charge in [-0.2, -0.15) is 0 Å². The van der Waals surface area contributed by atoms with Crippen molar-refractivity contribution in [3.63, 3.8) is 0 Å². The van der Waals surface area contributed by atoms with Crippen molar-refractivity contribution in [3.8, 4) is 0 Å². The van der Waals surface area contributed by atoms with E-state index in [1.165, 1.54) is 0 Å². The van der Waals surface area contributed by atoms with Crippen LogP contribution >= 0.6 is 11.6 Å². The highest BCUT2D eigenvalue weighted by molar-refractivity contribution is 6.33. The van der Waals surface area contributed by atoms with Crippen molar-refractivity contribution in [3.05, 3.63) is 34.9 Å². The number of amides is 1. The average molecular weight is 270 g/mol. The predicted octanol–water partition coefficient (Wildman–Crippen LogP) is 1.84. The third kappa shape index (κ3) is 3.37. The number of carbonyl (C=O) groups excluding carboxylic acids is 1. The molecule has 0 atom stereocenters. The number of oxime groups is 1. The summed E-state index contributed by atoms with van der Waals surface area (Å²) in [6, 6.07) is 6.76. The molecule has 18 heavy (non-hydrogen) atoms. The molecule has 4 N–H and O–H groups in total. The summed E-state index contributed by atoms with van der Waals surface area (Å²) >= 11 is 5.91. The number of rotatable bonds is 4. The number of carbonyl (C=O) groups is 1. The molecule has 0 aromatic heterocycles. The van der Waals surface area contributed by atoms with Crippen LogP contribution in [0.5, 0.6) is 0 Å².